The van der Waals surface area contributed by atoms with Gasteiger partial charge in [-0.1, -0.05) is 0 Å². The minimum Gasteiger partial charge on any atom is -0.467 e. The quantitative estimate of drug-likeness (QED) is 0.330. The highest BCUT2D eigenvalue weighted by molar-refractivity contribution is 5.79. The molecule has 7 nitrogen and oxygen atoms in total. The molecule has 0 aromatic carbocycles. The lowest BCUT2D eigenvalue weighted by Gasteiger charge is -2.11. The third-order valence-electron chi connectivity index (χ3n) is 3.73. The molecule has 2 heterocycles. The number of guanidine groups is 1. The number of aliphatic imine (C=N–C) groups is 1. The average Bonchev–Trinajstić information content (AvgIpc) is 3.26. The standard InChI is InChI=1S/C18H29N5O2/c1-3-19-18(20-9-4-7-16-13-22-23-15(16)2)21-10-6-11-24-14-17-8-5-12-25-17/h5,8,12-13H,3-4,6-7,9-11,14H2,1-2H3,(H,22,23)(H2,19,20,21). The van der Waals surface area contributed by atoms with Crippen LogP contribution in [0, 0.1) is 6.92 Å². The molecule has 0 unspecified atom stereocenters. The first-order valence-corrected chi connectivity index (χ1v) is 8.90. The first kappa shape index (κ1) is 19.1. The summed E-state index contributed by atoms with van der Waals surface area (Å²) in [5, 5.41) is 13.6. The molecule has 0 aliphatic carbocycles. The van der Waals surface area contributed by atoms with Crippen LogP contribution in [0.2, 0.25) is 0 Å². The molecule has 0 aliphatic rings. The van der Waals surface area contributed by atoms with Gasteiger partial charge in [0.05, 0.1) is 12.5 Å². The van der Waals surface area contributed by atoms with Crippen molar-refractivity contribution in [2.75, 3.05) is 26.2 Å². The van der Waals surface area contributed by atoms with Crippen molar-refractivity contribution in [1.29, 1.82) is 0 Å². The summed E-state index contributed by atoms with van der Waals surface area (Å²) >= 11 is 0. The van der Waals surface area contributed by atoms with Crippen LogP contribution >= 0.6 is 0 Å². The summed E-state index contributed by atoms with van der Waals surface area (Å²) in [5.41, 5.74) is 2.41. The first-order chi connectivity index (χ1) is 12.3. The van der Waals surface area contributed by atoms with Gasteiger partial charge in [0.2, 0.25) is 0 Å². The fraction of sp³-hybridized carbons (Fsp3) is 0.556. The van der Waals surface area contributed by atoms with Crippen molar-refractivity contribution in [3.8, 4) is 0 Å². The number of hydrogen-bond acceptors (Lipinski definition) is 4. The van der Waals surface area contributed by atoms with Crippen LogP contribution in [0.15, 0.2) is 34.0 Å². The largest absolute Gasteiger partial charge is 0.467 e. The minimum atomic E-state index is 0.522. The van der Waals surface area contributed by atoms with E-state index in [0.29, 0.717) is 13.2 Å². The van der Waals surface area contributed by atoms with Gasteiger partial charge in [-0.3, -0.25) is 10.1 Å². The summed E-state index contributed by atoms with van der Waals surface area (Å²) in [5.74, 6) is 1.72. The maximum Gasteiger partial charge on any atom is 0.191 e. The SMILES string of the molecule is CCNC(=NCCCc1cn[nH]c1C)NCCCOCc1ccco1. The van der Waals surface area contributed by atoms with E-state index in [-0.39, 0.29) is 0 Å². The number of ether oxygens (including phenoxy) is 1. The Balaban J connectivity index is 1.57. The summed E-state index contributed by atoms with van der Waals surface area (Å²) in [6.07, 6.45) is 6.47. The number of H-pyrrole nitrogens is 1. The topological polar surface area (TPSA) is 87.5 Å². The van der Waals surface area contributed by atoms with Crippen LogP contribution in [-0.2, 0) is 17.8 Å². The molecular formula is C18H29N5O2. The van der Waals surface area contributed by atoms with E-state index in [1.54, 1.807) is 6.26 Å². The van der Waals surface area contributed by atoms with E-state index in [9.17, 15) is 0 Å². The van der Waals surface area contributed by atoms with E-state index < -0.39 is 0 Å². The number of hydrogen-bond donors (Lipinski definition) is 3. The molecule has 0 spiro atoms. The van der Waals surface area contributed by atoms with Gasteiger partial charge >= 0.3 is 0 Å². The monoisotopic (exact) mass is 347 g/mol. The fourth-order valence-corrected chi connectivity index (χ4v) is 2.38. The van der Waals surface area contributed by atoms with E-state index in [2.05, 4.69) is 32.7 Å². The van der Waals surface area contributed by atoms with Gasteiger partial charge in [0.25, 0.3) is 0 Å². The van der Waals surface area contributed by atoms with Crippen LogP contribution < -0.4 is 10.6 Å². The lowest BCUT2D eigenvalue weighted by molar-refractivity contribution is 0.105. The highest BCUT2D eigenvalue weighted by atomic mass is 16.5. The second-order valence-corrected chi connectivity index (χ2v) is 5.80. The summed E-state index contributed by atoms with van der Waals surface area (Å²) in [7, 11) is 0. The smallest absolute Gasteiger partial charge is 0.191 e. The van der Waals surface area contributed by atoms with E-state index in [1.165, 1.54) is 5.56 Å². The van der Waals surface area contributed by atoms with Crippen LogP contribution in [0.5, 0.6) is 0 Å². The van der Waals surface area contributed by atoms with Gasteiger partial charge in [0.15, 0.2) is 5.96 Å². The Morgan fingerprint density at radius 3 is 3.00 bits per heavy atom. The highest BCUT2D eigenvalue weighted by Crippen LogP contribution is 2.05. The molecule has 0 saturated heterocycles. The van der Waals surface area contributed by atoms with Crippen molar-refractivity contribution >= 4 is 5.96 Å². The summed E-state index contributed by atoms with van der Waals surface area (Å²) < 4.78 is 10.8. The molecule has 25 heavy (non-hydrogen) atoms. The summed E-state index contributed by atoms with van der Waals surface area (Å²) in [4.78, 5) is 4.61. The number of aromatic nitrogens is 2. The molecule has 7 heteroatoms. The number of nitrogens with one attached hydrogen (secondary N) is 3. The molecule has 0 fully saturated rings. The summed E-state index contributed by atoms with van der Waals surface area (Å²) in [6.45, 7) is 7.78. The van der Waals surface area contributed by atoms with E-state index in [1.807, 2.05) is 25.3 Å². The Kier molecular flexibility index (Phi) is 8.61. The van der Waals surface area contributed by atoms with Gasteiger partial charge < -0.3 is 19.8 Å². The van der Waals surface area contributed by atoms with Gasteiger partial charge in [0, 0.05) is 31.9 Å². The summed E-state index contributed by atoms with van der Waals surface area (Å²) in [6, 6.07) is 3.78. The molecule has 0 radical (unpaired) electrons. The van der Waals surface area contributed by atoms with Crippen molar-refractivity contribution in [2.45, 2.75) is 39.7 Å². The van der Waals surface area contributed by atoms with Gasteiger partial charge in [0.1, 0.15) is 12.4 Å². The van der Waals surface area contributed by atoms with Crippen LogP contribution in [0.3, 0.4) is 0 Å². The molecule has 2 aromatic heterocycles. The van der Waals surface area contributed by atoms with Crippen LogP contribution in [0.25, 0.3) is 0 Å². The first-order valence-electron chi connectivity index (χ1n) is 8.90. The van der Waals surface area contributed by atoms with Gasteiger partial charge in [-0.25, -0.2) is 0 Å². The van der Waals surface area contributed by atoms with E-state index in [0.717, 1.165) is 56.3 Å². The molecule has 0 bridgehead atoms. The number of aromatic amines is 1. The van der Waals surface area contributed by atoms with Crippen molar-refractivity contribution in [3.05, 3.63) is 41.6 Å². The van der Waals surface area contributed by atoms with E-state index in [4.69, 9.17) is 9.15 Å². The van der Waals surface area contributed by atoms with Crippen LogP contribution in [0.1, 0.15) is 36.8 Å². The zero-order chi connectivity index (χ0) is 17.7. The number of aryl methyl sites for hydroxylation is 2. The molecule has 0 atom stereocenters. The second-order valence-electron chi connectivity index (χ2n) is 5.80. The number of furan rings is 1. The molecular weight excluding hydrogens is 318 g/mol. The second kappa shape index (κ2) is 11.3. The van der Waals surface area contributed by atoms with Gasteiger partial charge in [-0.2, -0.15) is 5.10 Å². The lowest BCUT2D eigenvalue weighted by Crippen LogP contribution is -2.38. The average molecular weight is 347 g/mol. The molecule has 2 aromatic rings. The highest BCUT2D eigenvalue weighted by Gasteiger charge is 2.01. The predicted molar refractivity (Wildman–Crippen MR) is 98.6 cm³/mol. The minimum absolute atomic E-state index is 0.522. The van der Waals surface area contributed by atoms with E-state index >= 15 is 0 Å². The zero-order valence-electron chi connectivity index (χ0n) is 15.2. The Bertz CT molecular complexity index is 607. The maximum atomic E-state index is 5.57. The van der Waals surface area contributed by atoms with Crippen molar-refractivity contribution in [1.82, 2.24) is 20.8 Å². The van der Waals surface area contributed by atoms with Gasteiger partial charge in [-0.15, -0.1) is 0 Å². The Morgan fingerprint density at radius 2 is 2.28 bits per heavy atom. The third-order valence-corrected chi connectivity index (χ3v) is 3.73. The zero-order valence-corrected chi connectivity index (χ0v) is 15.2. The predicted octanol–water partition coefficient (Wildman–Crippen LogP) is 2.41. The maximum absolute atomic E-state index is 5.57. The van der Waals surface area contributed by atoms with Crippen molar-refractivity contribution in [2.24, 2.45) is 4.99 Å². The van der Waals surface area contributed by atoms with Gasteiger partial charge in [-0.05, 0) is 50.8 Å². The molecule has 0 aliphatic heterocycles. The molecule has 0 saturated carbocycles. The molecule has 0 amide bonds. The normalized spacial score (nSPS) is 11.7. The Hall–Kier alpha value is -2.28. The number of rotatable bonds is 11. The molecule has 3 N–H and O–H groups in total. The van der Waals surface area contributed by atoms with Crippen molar-refractivity contribution < 1.29 is 9.15 Å². The lowest BCUT2D eigenvalue weighted by atomic mass is 10.1. The molecule has 138 valence electrons. The van der Waals surface area contributed by atoms with Crippen molar-refractivity contribution in [3.63, 3.8) is 0 Å². The molecule has 2 rings (SSSR count). The third kappa shape index (κ3) is 7.43. The Labute approximate surface area is 149 Å². The van der Waals surface area contributed by atoms with Crippen LogP contribution in [-0.4, -0.2) is 42.4 Å². The number of nitrogens with zero attached hydrogens (tertiary/aromatic N) is 2. The Morgan fingerprint density at radius 1 is 1.36 bits per heavy atom. The fourth-order valence-electron chi connectivity index (χ4n) is 2.38. The van der Waals surface area contributed by atoms with Crippen LogP contribution in [0.4, 0.5) is 0 Å².